The SMILES string of the molecule is C[C@]12C=CC(=O)C=C1CC[C@@H]1[C@@H]2[C@@H](O)C[C@@]2(C)[C@H]1CC1O[C@@H](c3ccc(CC45CCC(NC(=O)[C@H](CCC(=O)O)NC(=O)CNC(=O)CBr)(CC4)CC5)cc3)O[C@]12C(=O)CO. The Balaban J connectivity index is 0.908. The molecule has 1 heterocycles. The molecular weight excluding hydrogens is 850 g/mol. The van der Waals surface area contributed by atoms with Gasteiger partial charge in [0.15, 0.2) is 23.5 Å². The first-order valence-electron chi connectivity index (χ1n) is 21.8. The lowest BCUT2D eigenvalue weighted by molar-refractivity contribution is -0.201. The van der Waals surface area contributed by atoms with Crippen LogP contribution in [0.5, 0.6) is 0 Å². The van der Waals surface area contributed by atoms with Gasteiger partial charge in [-0.05, 0) is 112 Å². The number of amides is 3. The van der Waals surface area contributed by atoms with Crippen molar-refractivity contribution in [2.45, 2.75) is 133 Å². The van der Waals surface area contributed by atoms with Crippen LogP contribution in [0.2, 0.25) is 0 Å². The van der Waals surface area contributed by atoms with Gasteiger partial charge < -0.3 is 40.7 Å². The van der Waals surface area contributed by atoms with Gasteiger partial charge in [-0.15, -0.1) is 0 Å². The Kier molecular flexibility index (Phi) is 11.8. The van der Waals surface area contributed by atoms with Gasteiger partial charge in [-0.3, -0.25) is 28.8 Å². The van der Waals surface area contributed by atoms with Crippen LogP contribution in [0.3, 0.4) is 0 Å². The lowest BCUT2D eigenvalue weighted by Crippen LogP contribution is -2.63. The molecule has 8 aliphatic rings. The third kappa shape index (κ3) is 7.63. The van der Waals surface area contributed by atoms with Gasteiger partial charge in [0.05, 0.1) is 24.1 Å². The second-order valence-corrected chi connectivity index (χ2v) is 20.1. The second-order valence-electron chi connectivity index (χ2n) is 19.5. The van der Waals surface area contributed by atoms with E-state index in [-0.39, 0.29) is 59.6 Å². The summed E-state index contributed by atoms with van der Waals surface area (Å²) >= 11 is 3.02. The maximum atomic E-state index is 14.0. The smallest absolute Gasteiger partial charge is 0.303 e. The normalized spacial score (nSPS) is 38.6. The highest BCUT2D eigenvalue weighted by Gasteiger charge is 2.76. The molecule has 2 bridgehead atoms. The van der Waals surface area contributed by atoms with E-state index in [2.05, 4.69) is 50.9 Å². The van der Waals surface area contributed by atoms with Gasteiger partial charge >= 0.3 is 5.97 Å². The van der Waals surface area contributed by atoms with Gasteiger partial charge in [-0.25, -0.2) is 0 Å². The Morgan fingerprint density at radius 3 is 2.36 bits per heavy atom. The largest absolute Gasteiger partial charge is 0.481 e. The fraction of sp³-hybridized carbons (Fsp3) is 0.652. The van der Waals surface area contributed by atoms with Crippen LogP contribution < -0.4 is 16.0 Å². The number of allylic oxidation sites excluding steroid dienone is 4. The van der Waals surface area contributed by atoms with Crippen LogP contribution >= 0.6 is 15.9 Å². The summed E-state index contributed by atoms with van der Waals surface area (Å²) in [7, 11) is 0. The van der Waals surface area contributed by atoms with Crippen molar-refractivity contribution >= 4 is 51.2 Å². The monoisotopic (exact) mass is 907 g/mol. The van der Waals surface area contributed by atoms with Crippen LogP contribution in [-0.2, 0) is 44.7 Å². The van der Waals surface area contributed by atoms with Crippen molar-refractivity contribution in [3.63, 3.8) is 0 Å². The Hall–Kier alpha value is -3.76. The molecule has 6 N–H and O–H groups in total. The van der Waals surface area contributed by atoms with Gasteiger partial charge in [0.25, 0.3) is 0 Å². The van der Waals surface area contributed by atoms with Crippen LogP contribution in [0.4, 0.5) is 0 Å². The van der Waals surface area contributed by atoms with Gasteiger partial charge in [-0.1, -0.05) is 65.7 Å². The highest BCUT2D eigenvalue weighted by atomic mass is 79.9. The van der Waals surface area contributed by atoms with Crippen molar-refractivity contribution in [2.75, 3.05) is 18.5 Å². The number of nitrogens with one attached hydrogen (secondary N) is 3. The molecule has 330 valence electrons. The van der Waals surface area contributed by atoms with E-state index in [1.165, 1.54) is 0 Å². The predicted molar refractivity (Wildman–Crippen MR) is 224 cm³/mol. The zero-order chi connectivity index (χ0) is 43.5. The first-order chi connectivity index (χ1) is 29.0. The summed E-state index contributed by atoms with van der Waals surface area (Å²) in [6.07, 6.45) is 11.0. The van der Waals surface area contributed by atoms with E-state index in [1.54, 1.807) is 12.2 Å². The van der Waals surface area contributed by atoms with E-state index in [1.807, 2.05) is 25.1 Å². The zero-order valence-corrected chi connectivity index (χ0v) is 36.5. The number of fused-ring (bicyclic) bond motifs is 10. The number of ether oxygens (including phenoxy) is 2. The summed E-state index contributed by atoms with van der Waals surface area (Å²) < 4.78 is 13.5. The average Bonchev–Trinajstić information content (AvgIpc) is 3.74. The zero-order valence-electron chi connectivity index (χ0n) is 34.9. The Morgan fingerprint density at radius 2 is 1.70 bits per heavy atom. The maximum absolute atomic E-state index is 14.0. The van der Waals surface area contributed by atoms with Crippen molar-refractivity contribution in [2.24, 2.45) is 34.0 Å². The Labute approximate surface area is 364 Å². The van der Waals surface area contributed by atoms with Crippen molar-refractivity contribution < 1.29 is 53.6 Å². The third-order valence-corrected chi connectivity index (χ3v) is 16.8. The number of rotatable bonds is 14. The molecule has 1 aromatic rings. The number of carboxylic acid groups (broad SMARTS) is 1. The highest BCUT2D eigenvalue weighted by Crippen LogP contribution is 2.70. The molecule has 7 aliphatic carbocycles. The van der Waals surface area contributed by atoms with Crippen molar-refractivity contribution in [1.29, 1.82) is 0 Å². The number of alkyl halides is 1. The summed E-state index contributed by atoms with van der Waals surface area (Å²) in [6, 6.07) is 7.08. The standard InChI is InChI=1S/C46H58BrN3O11/c1-42-12-11-29(52)19-28(42)7-8-30-31-20-35-46(34(54)25-51,43(31,2)22-33(53)39(30)42)61-41(60-35)27-5-3-26(4-6-27)21-44-13-16-45(17-14-44,18-15-44)50-40(59)32(9-10-38(57)58)49-37(56)24-48-36(55)23-47/h3-6,11-12,19,30-33,35,39,41,51,53H,7-10,13-18,20-25H2,1-2H3,(H,48,55)(H,49,56)(H,50,59)(H,57,58)/t30-,31-,32-,33-,35?,39+,41+,42-,43-,44?,45?,46+/m0/s1. The molecule has 61 heavy (non-hydrogen) atoms. The summed E-state index contributed by atoms with van der Waals surface area (Å²) in [4.78, 5) is 75.2. The first-order valence-corrected chi connectivity index (χ1v) is 23.0. The van der Waals surface area contributed by atoms with Crippen LogP contribution in [-0.4, -0.2) is 98.4 Å². The van der Waals surface area contributed by atoms with Crippen molar-refractivity contribution in [3.8, 4) is 0 Å². The number of aliphatic carboxylic acids is 1. The van der Waals surface area contributed by atoms with Crippen LogP contribution in [0, 0.1) is 34.0 Å². The van der Waals surface area contributed by atoms with Crippen molar-refractivity contribution in [3.05, 3.63) is 59.2 Å². The highest BCUT2D eigenvalue weighted by molar-refractivity contribution is 9.09. The minimum Gasteiger partial charge on any atom is -0.481 e. The molecule has 7 fully saturated rings. The van der Waals surface area contributed by atoms with Gasteiger partial charge in [0.2, 0.25) is 17.7 Å². The molecule has 6 saturated carbocycles. The number of benzene rings is 1. The molecule has 10 atom stereocenters. The average molecular weight is 909 g/mol. The Bertz CT molecular complexity index is 2010. The third-order valence-electron chi connectivity index (χ3n) is 16.3. The molecular formula is C46H58BrN3O11. The number of ketones is 2. The molecule has 9 rings (SSSR count). The van der Waals surface area contributed by atoms with Crippen LogP contribution in [0.25, 0.3) is 0 Å². The predicted octanol–water partition coefficient (Wildman–Crippen LogP) is 3.90. The number of aliphatic hydroxyl groups is 2. The van der Waals surface area contributed by atoms with Crippen LogP contribution in [0.1, 0.15) is 108 Å². The number of Topliss-reactive ketones (excluding diaryl/α,β-unsaturated/α-hetero) is 1. The Morgan fingerprint density at radius 1 is 1.00 bits per heavy atom. The number of carbonyl (C=O) groups is 6. The number of carbonyl (C=O) groups excluding carboxylic acids is 5. The number of hydrogen-bond acceptors (Lipinski definition) is 10. The minimum atomic E-state index is -1.42. The molecule has 1 aliphatic heterocycles. The molecule has 0 spiro atoms. The quantitative estimate of drug-likeness (QED) is 0.147. The van der Waals surface area contributed by atoms with E-state index < -0.39 is 76.7 Å². The molecule has 1 aromatic carbocycles. The van der Waals surface area contributed by atoms with E-state index in [0.717, 1.165) is 74.5 Å². The van der Waals surface area contributed by atoms with E-state index in [9.17, 15) is 44.1 Å². The molecule has 1 unspecified atom stereocenters. The van der Waals surface area contributed by atoms with Gasteiger partial charge in [0, 0.05) is 34.3 Å². The van der Waals surface area contributed by atoms with Crippen LogP contribution in [0.15, 0.2) is 48.1 Å². The molecule has 1 saturated heterocycles. The molecule has 0 aromatic heterocycles. The maximum Gasteiger partial charge on any atom is 0.303 e. The minimum absolute atomic E-state index is 0.00943. The van der Waals surface area contributed by atoms with E-state index in [0.29, 0.717) is 12.8 Å². The first kappa shape index (κ1) is 43.9. The number of halogens is 1. The van der Waals surface area contributed by atoms with E-state index in [4.69, 9.17) is 9.47 Å². The summed E-state index contributed by atoms with van der Waals surface area (Å²) in [5.41, 5.74) is -0.0688. The second kappa shape index (κ2) is 16.4. The number of carboxylic acids is 1. The molecule has 15 heteroatoms. The molecule has 0 radical (unpaired) electrons. The number of aliphatic hydroxyl groups excluding tert-OH is 2. The number of hydrogen-bond donors (Lipinski definition) is 6. The van der Waals surface area contributed by atoms with Crippen molar-refractivity contribution in [1.82, 2.24) is 16.0 Å². The van der Waals surface area contributed by atoms with Gasteiger partial charge in [0.1, 0.15) is 12.6 Å². The molecule has 3 amide bonds. The summed E-state index contributed by atoms with van der Waals surface area (Å²) in [5.74, 6) is -2.93. The lowest BCUT2D eigenvalue weighted by Gasteiger charge is -2.59. The fourth-order valence-electron chi connectivity index (χ4n) is 13.1. The molecule has 14 nitrogen and oxygen atoms in total. The lowest BCUT2D eigenvalue weighted by atomic mass is 9.46. The fourth-order valence-corrected chi connectivity index (χ4v) is 13.3. The topological polar surface area (TPSA) is 218 Å². The summed E-state index contributed by atoms with van der Waals surface area (Å²) in [6.45, 7) is 3.13. The van der Waals surface area contributed by atoms with E-state index >= 15 is 0 Å². The van der Waals surface area contributed by atoms with Gasteiger partial charge in [-0.2, -0.15) is 0 Å². The summed E-state index contributed by atoms with van der Waals surface area (Å²) in [5, 5.41) is 39.9.